The first-order valence-electron chi connectivity index (χ1n) is 3.23. The summed E-state index contributed by atoms with van der Waals surface area (Å²) in [5.41, 5.74) is 8.92. The first-order valence-corrected chi connectivity index (χ1v) is 3.23. The lowest BCUT2D eigenvalue weighted by Crippen LogP contribution is -1.95. The van der Waals surface area contributed by atoms with E-state index in [1.807, 2.05) is 30.3 Å². The summed E-state index contributed by atoms with van der Waals surface area (Å²) in [6.07, 6.45) is 0. The van der Waals surface area contributed by atoms with Crippen LogP contribution in [0.4, 0.5) is 5.69 Å². The number of rotatable bonds is 3. The molecule has 4 nitrogen and oxygen atoms in total. The molecule has 56 valence electrons. The fourth-order valence-corrected chi connectivity index (χ4v) is 0.714. The van der Waals surface area contributed by atoms with Crippen LogP contribution >= 0.6 is 0 Å². The highest BCUT2D eigenvalue weighted by Crippen LogP contribution is 2.03. The third-order valence-corrected chi connectivity index (χ3v) is 1.19. The summed E-state index contributed by atoms with van der Waals surface area (Å²) >= 11 is 0. The van der Waals surface area contributed by atoms with Gasteiger partial charge in [-0.1, -0.05) is 23.3 Å². The van der Waals surface area contributed by atoms with Gasteiger partial charge in [0, 0.05) is 10.6 Å². The molecule has 1 aromatic carbocycles. The van der Waals surface area contributed by atoms with Gasteiger partial charge in [-0.25, -0.2) is 0 Å². The highest BCUT2D eigenvalue weighted by molar-refractivity contribution is 5.42. The van der Waals surface area contributed by atoms with E-state index in [0.29, 0.717) is 6.67 Å². The molecule has 0 aliphatic carbocycles. The van der Waals surface area contributed by atoms with Crippen molar-refractivity contribution in [1.29, 1.82) is 0 Å². The van der Waals surface area contributed by atoms with Gasteiger partial charge < -0.3 is 5.32 Å². The number of hydrogen-bond acceptors (Lipinski definition) is 2. The molecule has 0 spiro atoms. The van der Waals surface area contributed by atoms with Gasteiger partial charge in [-0.15, -0.1) is 0 Å². The zero-order valence-electron chi connectivity index (χ0n) is 5.94. The SMILES string of the molecule is [N-]=[N+]=NCNc1ccccc1. The van der Waals surface area contributed by atoms with E-state index in [4.69, 9.17) is 5.53 Å². The van der Waals surface area contributed by atoms with Crippen LogP contribution in [0.15, 0.2) is 35.4 Å². The van der Waals surface area contributed by atoms with E-state index >= 15 is 0 Å². The first-order chi connectivity index (χ1) is 5.43. The summed E-state index contributed by atoms with van der Waals surface area (Å²) in [4.78, 5) is 2.61. The molecule has 0 bridgehead atoms. The minimum Gasteiger partial charge on any atom is -0.379 e. The summed E-state index contributed by atoms with van der Waals surface area (Å²) in [5.74, 6) is 0. The summed E-state index contributed by atoms with van der Waals surface area (Å²) in [6, 6.07) is 9.58. The highest BCUT2D eigenvalue weighted by atomic mass is 15.2. The molecule has 0 radical (unpaired) electrons. The molecular weight excluding hydrogens is 140 g/mol. The Kier molecular flexibility index (Phi) is 2.84. The number of para-hydroxylation sites is 1. The molecule has 0 unspecified atom stereocenters. The van der Waals surface area contributed by atoms with Gasteiger partial charge in [0.05, 0.1) is 6.67 Å². The fourth-order valence-electron chi connectivity index (χ4n) is 0.714. The standard InChI is InChI=1S/C7H8N4/c8-11-10-6-9-7-4-2-1-3-5-7/h1-5,9H,6H2. The normalized spacial score (nSPS) is 8.36. The second kappa shape index (κ2) is 4.19. The topological polar surface area (TPSA) is 60.8 Å². The van der Waals surface area contributed by atoms with E-state index in [0.717, 1.165) is 5.69 Å². The van der Waals surface area contributed by atoms with Crippen molar-refractivity contribution in [3.8, 4) is 0 Å². The number of hydrogen-bond donors (Lipinski definition) is 1. The van der Waals surface area contributed by atoms with Crippen LogP contribution in [-0.4, -0.2) is 6.67 Å². The van der Waals surface area contributed by atoms with Gasteiger partial charge in [-0.2, -0.15) is 0 Å². The highest BCUT2D eigenvalue weighted by Gasteiger charge is 1.83. The van der Waals surface area contributed by atoms with E-state index in [-0.39, 0.29) is 0 Å². The van der Waals surface area contributed by atoms with Crippen LogP contribution < -0.4 is 5.32 Å². The third kappa shape index (κ3) is 2.60. The largest absolute Gasteiger partial charge is 0.379 e. The Balaban J connectivity index is 2.45. The zero-order chi connectivity index (χ0) is 7.94. The number of nitrogens with one attached hydrogen (secondary N) is 1. The molecule has 0 aromatic heterocycles. The smallest absolute Gasteiger partial charge is 0.0937 e. The number of nitrogens with zero attached hydrogens (tertiary/aromatic N) is 3. The molecule has 0 fully saturated rings. The maximum atomic E-state index is 7.96. The Hall–Kier alpha value is -1.67. The van der Waals surface area contributed by atoms with Gasteiger partial charge in [-0.3, -0.25) is 0 Å². The molecule has 0 aliphatic heterocycles. The summed E-state index contributed by atoms with van der Waals surface area (Å²) in [5, 5.41) is 6.26. The fraction of sp³-hybridized carbons (Fsp3) is 0.143. The molecule has 1 rings (SSSR count). The third-order valence-electron chi connectivity index (χ3n) is 1.19. The second-order valence-corrected chi connectivity index (χ2v) is 1.93. The maximum Gasteiger partial charge on any atom is 0.0937 e. The van der Waals surface area contributed by atoms with Crippen LogP contribution in [0.25, 0.3) is 10.4 Å². The van der Waals surface area contributed by atoms with Crippen molar-refractivity contribution >= 4 is 5.69 Å². The first kappa shape index (κ1) is 7.44. The Labute approximate surface area is 64.5 Å². The summed E-state index contributed by atoms with van der Waals surface area (Å²) in [7, 11) is 0. The van der Waals surface area contributed by atoms with E-state index in [2.05, 4.69) is 15.3 Å². The van der Waals surface area contributed by atoms with Crippen molar-refractivity contribution in [3.05, 3.63) is 40.8 Å². The molecule has 1 N–H and O–H groups in total. The molecule has 0 amide bonds. The van der Waals surface area contributed by atoms with Gasteiger partial charge in [0.1, 0.15) is 0 Å². The monoisotopic (exact) mass is 148 g/mol. The molecule has 0 aliphatic rings. The number of benzene rings is 1. The van der Waals surface area contributed by atoms with E-state index in [1.165, 1.54) is 0 Å². The summed E-state index contributed by atoms with van der Waals surface area (Å²) < 4.78 is 0. The van der Waals surface area contributed by atoms with Crippen LogP contribution in [0.1, 0.15) is 0 Å². The van der Waals surface area contributed by atoms with Crippen LogP contribution in [-0.2, 0) is 0 Å². The Bertz CT molecular complexity index is 250. The van der Waals surface area contributed by atoms with Crippen molar-refractivity contribution in [3.63, 3.8) is 0 Å². The second-order valence-electron chi connectivity index (χ2n) is 1.93. The lowest BCUT2D eigenvalue weighted by atomic mass is 10.3. The minimum absolute atomic E-state index is 0.292. The van der Waals surface area contributed by atoms with Crippen LogP contribution in [0, 0.1) is 0 Å². The minimum atomic E-state index is 0.292. The molecular formula is C7H8N4. The molecule has 0 saturated heterocycles. The van der Waals surface area contributed by atoms with Crippen LogP contribution in [0.3, 0.4) is 0 Å². The molecule has 1 aromatic rings. The average Bonchev–Trinajstić information content (AvgIpc) is 2.07. The Morgan fingerprint density at radius 2 is 2.09 bits per heavy atom. The summed E-state index contributed by atoms with van der Waals surface area (Å²) in [6.45, 7) is 0.292. The van der Waals surface area contributed by atoms with E-state index in [1.54, 1.807) is 0 Å². The maximum absolute atomic E-state index is 7.96. The number of anilines is 1. The van der Waals surface area contributed by atoms with Gasteiger partial charge in [0.25, 0.3) is 0 Å². The molecule has 0 saturated carbocycles. The number of azide groups is 1. The van der Waals surface area contributed by atoms with E-state index in [9.17, 15) is 0 Å². The molecule has 4 heteroatoms. The average molecular weight is 148 g/mol. The Morgan fingerprint density at radius 1 is 1.36 bits per heavy atom. The zero-order valence-corrected chi connectivity index (χ0v) is 5.94. The predicted octanol–water partition coefficient (Wildman–Crippen LogP) is 2.37. The predicted molar refractivity (Wildman–Crippen MR) is 44.1 cm³/mol. The molecule has 11 heavy (non-hydrogen) atoms. The Morgan fingerprint density at radius 3 is 2.73 bits per heavy atom. The lowest BCUT2D eigenvalue weighted by molar-refractivity contribution is 1.12. The van der Waals surface area contributed by atoms with Gasteiger partial charge in [0.15, 0.2) is 0 Å². The van der Waals surface area contributed by atoms with Crippen molar-refractivity contribution in [2.75, 3.05) is 12.0 Å². The molecule has 0 heterocycles. The van der Waals surface area contributed by atoms with Gasteiger partial charge >= 0.3 is 0 Å². The van der Waals surface area contributed by atoms with Crippen molar-refractivity contribution in [1.82, 2.24) is 0 Å². The van der Waals surface area contributed by atoms with E-state index < -0.39 is 0 Å². The van der Waals surface area contributed by atoms with Crippen molar-refractivity contribution in [2.24, 2.45) is 5.11 Å². The van der Waals surface area contributed by atoms with Gasteiger partial charge in [-0.05, 0) is 17.7 Å². The van der Waals surface area contributed by atoms with Crippen molar-refractivity contribution in [2.45, 2.75) is 0 Å². The van der Waals surface area contributed by atoms with Crippen LogP contribution in [0.5, 0.6) is 0 Å². The lowest BCUT2D eigenvalue weighted by Gasteiger charge is -1.99. The molecule has 0 atom stereocenters. The quantitative estimate of drug-likeness (QED) is 0.399. The van der Waals surface area contributed by atoms with Crippen LogP contribution in [0.2, 0.25) is 0 Å². The van der Waals surface area contributed by atoms with Gasteiger partial charge in [0.2, 0.25) is 0 Å². The van der Waals surface area contributed by atoms with Crippen molar-refractivity contribution < 1.29 is 0 Å².